The number of thioether (sulfide) groups is 1. The van der Waals surface area contributed by atoms with E-state index < -0.39 is 11.8 Å². The third-order valence-corrected chi connectivity index (χ3v) is 6.88. The fraction of sp³-hybridized carbons (Fsp3) is 0.192. The van der Waals surface area contributed by atoms with Crippen molar-refractivity contribution in [2.45, 2.75) is 12.2 Å². The number of amides is 3. The summed E-state index contributed by atoms with van der Waals surface area (Å²) < 4.78 is 0. The minimum Gasteiger partial charge on any atom is -0.289 e. The molecule has 4 rings (SSSR count). The molecule has 0 fully saturated rings. The van der Waals surface area contributed by atoms with Crippen LogP contribution in [0.1, 0.15) is 32.7 Å². The Kier molecular flexibility index (Phi) is 7.22. The average Bonchev–Trinajstić information content (AvgIpc) is 3.11. The maximum Gasteiger partial charge on any atom is 0.261 e. The Morgan fingerprint density at radius 3 is 2.03 bits per heavy atom. The molecule has 1 heterocycles. The summed E-state index contributed by atoms with van der Waals surface area (Å²) in [6, 6.07) is 25.1. The molecule has 6 nitrogen and oxygen atoms in total. The van der Waals surface area contributed by atoms with E-state index in [1.165, 1.54) is 4.90 Å². The zero-order chi connectivity index (χ0) is 23.2. The molecule has 7 heteroatoms. The van der Waals surface area contributed by atoms with Crippen LogP contribution in [0, 0.1) is 5.92 Å². The van der Waals surface area contributed by atoms with Crippen molar-refractivity contribution in [1.29, 1.82) is 0 Å². The Balaban J connectivity index is 1.32. The van der Waals surface area contributed by atoms with E-state index in [0.29, 0.717) is 22.6 Å². The fourth-order valence-electron chi connectivity index (χ4n) is 3.85. The number of imide groups is 1. The van der Waals surface area contributed by atoms with Crippen LogP contribution >= 0.6 is 11.8 Å². The lowest BCUT2D eigenvalue weighted by Gasteiger charge is -2.19. The van der Waals surface area contributed by atoms with Crippen molar-refractivity contribution in [2.75, 3.05) is 12.3 Å². The molecule has 3 aromatic carbocycles. The monoisotopic (exact) mass is 460 g/mol. The van der Waals surface area contributed by atoms with Gasteiger partial charge in [0.2, 0.25) is 5.91 Å². The van der Waals surface area contributed by atoms with E-state index in [-0.39, 0.29) is 24.8 Å². The third kappa shape index (κ3) is 5.16. The van der Waals surface area contributed by atoms with E-state index in [9.17, 15) is 14.4 Å². The molecule has 1 aliphatic heterocycles. The number of fused-ring (bicyclic) bond motifs is 1. The molecule has 1 aliphatic rings. The molecule has 0 saturated heterocycles. The van der Waals surface area contributed by atoms with Gasteiger partial charge >= 0.3 is 0 Å². The quantitative estimate of drug-likeness (QED) is 0.281. The smallest absolute Gasteiger partial charge is 0.261 e. The zero-order valence-corrected chi connectivity index (χ0v) is 18.8. The molecule has 3 aromatic rings. The minimum absolute atomic E-state index is 0.122. The Labute approximate surface area is 196 Å². The van der Waals surface area contributed by atoms with Crippen LogP contribution in [0.5, 0.6) is 0 Å². The predicted molar refractivity (Wildman–Crippen MR) is 128 cm³/mol. The van der Waals surface area contributed by atoms with Crippen molar-refractivity contribution in [2.24, 2.45) is 5.92 Å². The molecule has 2 N–H and O–H groups in total. The van der Waals surface area contributed by atoms with Crippen molar-refractivity contribution in [1.82, 2.24) is 10.4 Å². The molecule has 0 spiro atoms. The molecule has 1 unspecified atom stereocenters. The van der Waals surface area contributed by atoms with Gasteiger partial charge in [-0.05, 0) is 35.2 Å². The summed E-state index contributed by atoms with van der Waals surface area (Å²) in [4.78, 5) is 38.4. The molecular weight excluding hydrogens is 436 g/mol. The maximum absolute atomic E-state index is 12.5. The highest BCUT2D eigenvalue weighted by molar-refractivity contribution is 7.98. The van der Waals surface area contributed by atoms with Crippen LogP contribution in [-0.2, 0) is 10.5 Å². The summed E-state index contributed by atoms with van der Waals surface area (Å²) in [6.45, 7) is 0.122. The standard InChI is InChI=1S/C26H24N2O4S/c29-24(27-32)21(14-15-28-25(30)22-8-4-5-9-23(22)26(28)31)17-33-16-18-10-12-20(13-11-18)19-6-2-1-3-7-19/h1-13,21,32H,14-17H2,(H,27,29). The van der Waals surface area contributed by atoms with Crippen LogP contribution in [0.25, 0.3) is 11.1 Å². The lowest BCUT2D eigenvalue weighted by Crippen LogP contribution is -2.36. The lowest BCUT2D eigenvalue weighted by molar-refractivity contribution is -0.132. The number of hydrogen-bond donors (Lipinski definition) is 2. The van der Waals surface area contributed by atoms with Crippen molar-refractivity contribution >= 4 is 29.5 Å². The van der Waals surface area contributed by atoms with Crippen LogP contribution in [0.2, 0.25) is 0 Å². The molecule has 0 saturated carbocycles. The van der Waals surface area contributed by atoms with Crippen molar-refractivity contribution in [3.63, 3.8) is 0 Å². The normalized spacial score (nSPS) is 13.7. The first-order valence-corrected chi connectivity index (χ1v) is 11.8. The second kappa shape index (κ2) is 10.5. The van der Waals surface area contributed by atoms with E-state index in [0.717, 1.165) is 16.7 Å². The molecule has 33 heavy (non-hydrogen) atoms. The highest BCUT2D eigenvalue weighted by Crippen LogP contribution is 2.25. The van der Waals surface area contributed by atoms with Gasteiger partial charge in [0.15, 0.2) is 0 Å². The Morgan fingerprint density at radius 2 is 1.42 bits per heavy atom. The zero-order valence-electron chi connectivity index (χ0n) is 17.9. The number of carbonyl (C=O) groups excluding carboxylic acids is 3. The summed E-state index contributed by atoms with van der Waals surface area (Å²) in [5.74, 6) is -0.575. The SMILES string of the molecule is O=C(NO)C(CCN1C(=O)c2ccccc2C1=O)CSCc1ccc(-c2ccccc2)cc1. The maximum atomic E-state index is 12.5. The number of nitrogens with zero attached hydrogens (tertiary/aromatic N) is 1. The minimum atomic E-state index is -0.534. The molecule has 0 aromatic heterocycles. The number of benzene rings is 3. The van der Waals surface area contributed by atoms with Crippen LogP contribution in [-0.4, -0.2) is 40.1 Å². The summed E-state index contributed by atoms with van der Waals surface area (Å²) in [7, 11) is 0. The Hall–Kier alpha value is -3.42. The van der Waals surface area contributed by atoms with E-state index >= 15 is 0 Å². The van der Waals surface area contributed by atoms with Crippen molar-refractivity contribution < 1.29 is 19.6 Å². The first-order chi connectivity index (χ1) is 16.1. The second-order valence-electron chi connectivity index (χ2n) is 7.85. The van der Waals surface area contributed by atoms with Gasteiger partial charge in [-0.2, -0.15) is 11.8 Å². The topological polar surface area (TPSA) is 86.7 Å². The lowest BCUT2D eigenvalue weighted by atomic mass is 10.0. The van der Waals surface area contributed by atoms with E-state index in [2.05, 4.69) is 36.4 Å². The number of hydroxylamine groups is 1. The first-order valence-electron chi connectivity index (χ1n) is 10.7. The number of nitrogens with one attached hydrogen (secondary N) is 1. The van der Waals surface area contributed by atoms with Crippen LogP contribution < -0.4 is 5.48 Å². The van der Waals surface area contributed by atoms with Gasteiger partial charge in [0.25, 0.3) is 11.8 Å². The van der Waals surface area contributed by atoms with Gasteiger partial charge in [-0.15, -0.1) is 0 Å². The largest absolute Gasteiger partial charge is 0.289 e. The Bertz CT molecular complexity index is 1110. The molecule has 0 aliphatic carbocycles. The van der Waals surface area contributed by atoms with Gasteiger partial charge in [0, 0.05) is 18.1 Å². The van der Waals surface area contributed by atoms with Gasteiger partial charge in [-0.3, -0.25) is 24.5 Å². The molecule has 168 valence electrons. The van der Waals surface area contributed by atoms with E-state index in [1.54, 1.807) is 41.5 Å². The first kappa shape index (κ1) is 22.8. The van der Waals surface area contributed by atoms with Gasteiger partial charge in [0.05, 0.1) is 17.0 Å². The Morgan fingerprint density at radius 1 is 0.848 bits per heavy atom. The van der Waals surface area contributed by atoms with Crippen molar-refractivity contribution in [3.05, 3.63) is 95.6 Å². The summed E-state index contributed by atoms with van der Waals surface area (Å²) in [6.07, 6.45) is 0.276. The highest BCUT2D eigenvalue weighted by Gasteiger charge is 2.35. The number of hydrogen-bond acceptors (Lipinski definition) is 5. The van der Waals surface area contributed by atoms with Crippen LogP contribution in [0.15, 0.2) is 78.9 Å². The summed E-state index contributed by atoms with van der Waals surface area (Å²) >= 11 is 1.57. The second-order valence-corrected chi connectivity index (χ2v) is 8.88. The summed E-state index contributed by atoms with van der Waals surface area (Å²) in [5.41, 5.74) is 5.92. The molecule has 0 radical (unpaired) electrons. The molecule has 3 amide bonds. The highest BCUT2D eigenvalue weighted by atomic mass is 32.2. The third-order valence-electron chi connectivity index (χ3n) is 5.71. The molecule has 0 bridgehead atoms. The van der Waals surface area contributed by atoms with Gasteiger partial charge in [-0.1, -0.05) is 66.7 Å². The average molecular weight is 461 g/mol. The van der Waals surface area contributed by atoms with Gasteiger partial charge in [-0.25, -0.2) is 5.48 Å². The fourth-order valence-corrected chi connectivity index (χ4v) is 5.00. The summed E-state index contributed by atoms with van der Waals surface area (Å²) in [5, 5.41) is 9.14. The van der Waals surface area contributed by atoms with Gasteiger partial charge in [0.1, 0.15) is 0 Å². The van der Waals surface area contributed by atoms with Crippen molar-refractivity contribution in [3.8, 4) is 11.1 Å². The number of carbonyl (C=O) groups is 3. The molecule has 1 atom stereocenters. The number of rotatable bonds is 9. The van der Waals surface area contributed by atoms with E-state index in [1.807, 2.05) is 18.2 Å². The predicted octanol–water partition coefficient (Wildman–Crippen LogP) is 4.39. The van der Waals surface area contributed by atoms with Gasteiger partial charge < -0.3 is 0 Å². The van der Waals surface area contributed by atoms with Crippen LogP contribution in [0.4, 0.5) is 0 Å². The van der Waals surface area contributed by atoms with E-state index in [4.69, 9.17) is 5.21 Å². The molecular formula is C26H24N2O4S. The van der Waals surface area contributed by atoms with Crippen LogP contribution in [0.3, 0.4) is 0 Å².